The van der Waals surface area contributed by atoms with Gasteiger partial charge < -0.3 is 9.47 Å². The Bertz CT molecular complexity index is 3190. The first-order chi connectivity index (χ1) is 28.1. The number of nitrogens with zero attached hydrogens (tertiary/aromatic N) is 2. The first-order valence-corrected chi connectivity index (χ1v) is 21.1. The quantitative estimate of drug-likeness (QED) is 0.169. The minimum Gasteiger partial charge on any atom is -0.314 e. The van der Waals surface area contributed by atoms with E-state index in [0.717, 1.165) is 17.1 Å². The lowest BCUT2D eigenvalue weighted by Gasteiger charge is -2.23. The second-order valence-electron chi connectivity index (χ2n) is 14.6. The van der Waals surface area contributed by atoms with Crippen molar-refractivity contribution in [1.29, 1.82) is 0 Å². The number of hydrogen-bond donors (Lipinski definition) is 0. The van der Waals surface area contributed by atoms with Crippen LogP contribution in [0.3, 0.4) is 0 Å². The SMILES string of the molecule is C=CC1=C(/C=C\C)N(c2ccc3sc4c(C5=C/C=C\C=C/C=C/C=C/C=C\5)cc5c6cc(-n7c8ccccc8c8ccccc87)ccc6sc5c4c3c2)C(=C)[C@H]1C. The normalized spacial score (nSPS) is 20.2. The predicted octanol–water partition coefficient (Wildman–Crippen LogP) is 15.7. The average molecular weight is 769 g/mol. The largest absolute Gasteiger partial charge is 0.314 e. The van der Waals surface area contributed by atoms with Crippen molar-refractivity contribution in [3.8, 4) is 5.69 Å². The molecule has 0 saturated heterocycles. The number of thiophene rings is 2. The Morgan fingerprint density at radius 1 is 0.632 bits per heavy atom. The molecule has 0 saturated carbocycles. The van der Waals surface area contributed by atoms with Gasteiger partial charge in [0.2, 0.25) is 0 Å². The number of para-hydroxylation sites is 2. The van der Waals surface area contributed by atoms with Gasteiger partial charge in [0.25, 0.3) is 0 Å². The summed E-state index contributed by atoms with van der Waals surface area (Å²) in [6.07, 6.45) is 29.6. The van der Waals surface area contributed by atoms with Gasteiger partial charge in [-0.1, -0.05) is 135 Å². The molecule has 8 aromatic rings. The van der Waals surface area contributed by atoms with Gasteiger partial charge in [-0.25, -0.2) is 0 Å². The highest BCUT2D eigenvalue weighted by atomic mass is 32.1. The number of allylic oxidation sites excluding steroid dienone is 16. The molecule has 10 rings (SSSR count). The minimum atomic E-state index is 0.181. The third kappa shape index (κ3) is 5.67. The van der Waals surface area contributed by atoms with Crippen LogP contribution in [0.5, 0.6) is 0 Å². The smallest absolute Gasteiger partial charge is 0.0541 e. The Morgan fingerprint density at radius 2 is 1.25 bits per heavy atom. The van der Waals surface area contributed by atoms with E-state index < -0.39 is 0 Å². The van der Waals surface area contributed by atoms with Gasteiger partial charge in [0, 0.05) is 85.4 Å². The fraction of sp³-hybridized carbons (Fsp3) is 0.0566. The summed E-state index contributed by atoms with van der Waals surface area (Å²) in [6.45, 7) is 13.1. The lowest BCUT2D eigenvalue weighted by Crippen LogP contribution is -2.16. The zero-order valence-corrected chi connectivity index (χ0v) is 33.6. The molecule has 0 fully saturated rings. The molecule has 0 radical (unpaired) electrons. The van der Waals surface area contributed by atoms with Crippen molar-refractivity contribution in [2.24, 2.45) is 5.92 Å². The molecule has 5 aromatic carbocycles. The monoisotopic (exact) mass is 768 g/mol. The first kappa shape index (κ1) is 35.0. The highest BCUT2D eigenvalue weighted by molar-refractivity contribution is 7.30. The Hall–Kier alpha value is -6.46. The molecule has 57 heavy (non-hydrogen) atoms. The average Bonchev–Trinajstić information content (AvgIpc) is 3.95. The zero-order chi connectivity index (χ0) is 38.6. The molecule has 1 aliphatic heterocycles. The van der Waals surface area contributed by atoms with Gasteiger partial charge in [-0.2, -0.15) is 0 Å². The maximum atomic E-state index is 4.59. The van der Waals surface area contributed by atoms with Gasteiger partial charge in [-0.3, -0.25) is 0 Å². The van der Waals surface area contributed by atoms with E-state index in [4.69, 9.17) is 0 Å². The fourth-order valence-electron chi connectivity index (χ4n) is 8.63. The van der Waals surface area contributed by atoms with Crippen molar-refractivity contribution in [3.05, 3.63) is 212 Å². The number of aromatic nitrogens is 1. The molecule has 274 valence electrons. The topological polar surface area (TPSA) is 8.17 Å². The summed E-state index contributed by atoms with van der Waals surface area (Å²) >= 11 is 3.79. The van der Waals surface area contributed by atoms with Crippen LogP contribution < -0.4 is 4.90 Å². The van der Waals surface area contributed by atoms with Crippen LogP contribution in [-0.2, 0) is 0 Å². The van der Waals surface area contributed by atoms with Crippen molar-refractivity contribution < 1.29 is 0 Å². The van der Waals surface area contributed by atoms with E-state index in [1.807, 2.05) is 34.8 Å². The molecule has 2 aliphatic rings. The highest BCUT2D eigenvalue weighted by Gasteiger charge is 2.31. The van der Waals surface area contributed by atoms with Crippen LogP contribution in [0.1, 0.15) is 19.4 Å². The molecular formula is C53H40N2S2. The third-order valence-electron chi connectivity index (χ3n) is 11.3. The summed E-state index contributed by atoms with van der Waals surface area (Å²) in [7, 11) is 0. The molecule has 0 spiro atoms. The van der Waals surface area contributed by atoms with Crippen molar-refractivity contribution in [2.75, 3.05) is 4.90 Å². The number of rotatable bonds is 5. The van der Waals surface area contributed by atoms with Gasteiger partial charge in [-0.15, -0.1) is 22.7 Å². The lowest BCUT2D eigenvalue weighted by molar-refractivity contribution is 0.847. The van der Waals surface area contributed by atoms with E-state index >= 15 is 0 Å². The van der Waals surface area contributed by atoms with Crippen molar-refractivity contribution in [1.82, 2.24) is 4.57 Å². The summed E-state index contributed by atoms with van der Waals surface area (Å²) in [5.41, 5.74) is 10.5. The Balaban J connectivity index is 1.27. The maximum Gasteiger partial charge on any atom is 0.0541 e. The summed E-state index contributed by atoms with van der Waals surface area (Å²) < 4.78 is 7.59. The van der Waals surface area contributed by atoms with E-state index in [1.54, 1.807) is 0 Å². The summed E-state index contributed by atoms with van der Waals surface area (Å²) in [5, 5.41) is 7.65. The third-order valence-corrected chi connectivity index (χ3v) is 13.7. The van der Waals surface area contributed by atoms with Crippen LogP contribution in [0.2, 0.25) is 0 Å². The molecule has 3 aromatic heterocycles. The second-order valence-corrected chi connectivity index (χ2v) is 16.7. The Labute approximate surface area is 341 Å². The number of anilines is 1. The van der Waals surface area contributed by atoms with Gasteiger partial charge in [0.05, 0.1) is 11.0 Å². The molecule has 4 heterocycles. The number of benzene rings is 5. The van der Waals surface area contributed by atoms with E-state index in [0.29, 0.717) is 0 Å². The summed E-state index contributed by atoms with van der Waals surface area (Å²) in [4.78, 5) is 2.33. The van der Waals surface area contributed by atoms with Crippen molar-refractivity contribution in [2.45, 2.75) is 13.8 Å². The summed E-state index contributed by atoms with van der Waals surface area (Å²) in [5.74, 6) is 0.181. The van der Waals surface area contributed by atoms with E-state index in [1.165, 1.54) is 84.5 Å². The van der Waals surface area contributed by atoms with E-state index in [9.17, 15) is 0 Å². The first-order valence-electron chi connectivity index (χ1n) is 19.4. The van der Waals surface area contributed by atoms with E-state index in [2.05, 4.69) is 200 Å². The van der Waals surface area contributed by atoms with Crippen LogP contribution in [0.4, 0.5) is 5.69 Å². The van der Waals surface area contributed by atoms with Crippen molar-refractivity contribution >= 4 is 96.1 Å². The summed E-state index contributed by atoms with van der Waals surface area (Å²) in [6, 6.07) is 33.9. The molecule has 0 amide bonds. The Kier molecular flexibility index (Phi) is 8.74. The molecule has 1 aliphatic carbocycles. The number of hydrogen-bond acceptors (Lipinski definition) is 3. The highest BCUT2D eigenvalue weighted by Crippen LogP contribution is 2.50. The van der Waals surface area contributed by atoms with Crippen molar-refractivity contribution in [3.63, 3.8) is 0 Å². The second kappa shape index (κ2) is 14.2. The maximum absolute atomic E-state index is 4.59. The molecule has 2 nitrogen and oxygen atoms in total. The molecule has 0 unspecified atom stereocenters. The van der Waals surface area contributed by atoms with Crippen LogP contribution >= 0.6 is 22.7 Å². The molecular weight excluding hydrogens is 729 g/mol. The standard InChI is InChI=1S/C53H40N2S2/c1-5-20-46-39(6-2)34(3)35(4)54(46)37-27-30-50-45(32-37)51-52(57-50)42(36-21-14-12-10-8-7-9-11-13-15-22-36)33-44-43-31-38(28-29-49(43)56-53(44)51)55-47-25-18-16-23-40(47)41-24-17-19-26-48(41)55/h5-34H,2,4H2,1,3H3/b8-7+,9-7?,10-8?,11-9-,12-10+,13-11?,14-12?,15-13-,20-5-,21-14-,22-15?,36-21?,36-22+/t34-/m1/s1. The van der Waals surface area contributed by atoms with E-state index in [-0.39, 0.29) is 5.92 Å². The van der Waals surface area contributed by atoms with Crippen LogP contribution in [0.25, 0.3) is 73.4 Å². The molecule has 4 heteroatoms. The number of fused-ring (bicyclic) bond motifs is 10. The lowest BCUT2D eigenvalue weighted by atomic mass is 9.98. The fourth-order valence-corrected chi connectivity index (χ4v) is 11.2. The zero-order valence-electron chi connectivity index (χ0n) is 31.9. The van der Waals surface area contributed by atoms with Gasteiger partial charge in [0.15, 0.2) is 0 Å². The molecule has 1 atom stereocenters. The predicted molar refractivity (Wildman–Crippen MR) is 253 cm³/mol. The van der Waals surface area contributed by atoms with Gasteiger partial charge in [0.1, 0.15) is 0 Å². The van der Waals surface area contributed by atoms with Gasteiger partial charge >= 0.3 is 0 Å². The van der Waals surface area contributed by atoms with Crippen LogP contribution in [0, 0.1) is 5.92 Å². The van der Waals surface area contributed by atoms with Gasteiger partial charge in [-0.05, 0) is 78.7 Å². The molecule has 0 N–H and O–H groups in total. The van der Waals surface area contributed by atoms with Crippen LogP contribution in [0.15, 0.2) is 206 Å². The minimum absolute atomic E-state index is 0.181. The molecule has 0 bridgehead atoms. The van der Waals surface area contributed by atoms with Crippen LogP contribution in [-0.4, -0.2) is 4.57 Å². The Morgan fingerprint density at radius 3 is 1.95 bits per heavy atom.